The lowest BCUT2D eigenvalue weighted by molar-refractivity contribution is -0.121. The summed E-state index contributed by atoms with van der Waals surface area (Å²) in [5, 5.41) is 12.9. The molecule has 20 heavy (non-hydrogen) atoms. The van der Waals surface area contributed by atoms with Crippen molar-refractivity contribution in [3.63, 3.8) is 0 Å². The van der Waals surface area contributed by atoms with Crippen molar-refractivity contribution in [2.24, 2.45) is 5.92 Å². The smallest absolute Gasteiger partial charge is 0.246 e. The number of amides is 1. The summed E-state index contributed by atoms with van der Waals surface area (Å²) in [7, 11) is 0. The molecule has 1 aliphatic heterocycles. The number of carbonyl (C=O) groups excluding carboxylic acids is 1. The minimum absolute atomic E-state index is 0.122. The Morgan fingerprint density at radius 3 is 3.15 bits per heavy atom. The molecule has 3 rings (SSSR count). The summed E-state index contributed by atoms with van der Waals surface area (Å²) in [6, 6.07) is 5.92. The molecule has 6 heteroatoms. The van der Waals surface area contributed by atoms with Crippen molar-refractivity contribution in [3.8, 4) is 6.19 Å². The van der Waals surface area contributed by atoms with E-state index in [9.17, 15) is 10.1 Å². The molecule has 1 aliphatic rings. The predicted octanol–water partition coefficient (Wildman–Crippen LogP) is 2.03. The normalized spacial score (nSPS) is 18.1. The van der Waals surface area contributed by atoms with Gasteiger partial charge in [-0.25, -0.2) is 4.98 Å². The van der Waals surface area contributed by atoms with E-state index < -0.39 is 0 Å². The SMILES string of the molecule is Cc1ccc2nc(N(C#N)C(=O)C3CCNC3)sc2c1. The van der Waals surface area contributed by atoms with E-state index >= 15 is 0 Å². The molecule has 1 unspecified atom stereocenters. The number of nitriles is 1. The van der Waals surface area contributed by atoms with Gasteiger partial charge in [0.25, 0.3) is 0 Å². The number of anilines is 1. The molecule has 1 atom stereocenters. The van der Waals surface area contributed by atoms with Crippen LogP contribution in [0.15, 0.2) is 18.2 Å². The molecule has 1 aromatic carbocycles. The summed E-state index contributed by atoms with van der Waals surface area (Å²) in [5.74, 6) is -0.281. The monoisotopic (exact) mass is 286 g/mol. The molecule has 0 saturated carbocycles. The standard InChI is InChI=1S/C14H14N4OS/c1-9-2-3-11-12(6-9)20-14(17-11)18(8-15)13(19)10-4-5-16-7-10/h2-3,6,10,16H,4-5,7H2,1H3. The first kappa shape index (κ1) is 13.0. The van der Waals surface area contributed by atoms with Crippen molar-refractivity contribution in [2.45, 2.75) is 13.3 Å². The van der Waals surface area contributed by atoms with E-state index in [-0.39, 0.29) is 11.8 Å². The van der Waals surface area contributed by atoms with Crippen molar-refractivity contribution in [1.82, 2.24) is 10.3 Å². The van der Waals surface area contributed by atoms with Gasteiger partial charge in [0.05, 0.1) is 16.1 Å². The van der Waals surface area contributed by atoms with Gasteiger partial charge in [-0.05, 0) is 37.6 Å². The van der Waals surface area contributed by atoms with Crippen LogP contribution in [0.5, 0.6) is 0 Å². The van der Waals surface area contributed by atoms with Crippen molar-refractivity contribution >= 4 is 32.6 Å². The first-order valence-electron chi connectivity index (χ1n) is 6.50. The molecule has 1 fully saturated rings. The number of benzene rings is 1. The number of rotatable bonds is 2. The summed E-state index contributed by atoms with van der Waals surface area (Å²) in [6.45, 7) is 3.48. The molecular weight excluding hydrogens is 272 g/mol. The highest BCUT2D eigenvalue weighted by molar-refractivity contribution is 7.22. The van der Waals surface area contributed by atoms with E-state index in [0.29, 0.717) is 11.7 Å². The largest absolute Gasteiger partial charge is 0.316 e. The zero-order valence-corrected chi connectivity index (χ0v) is 11.9. The van der Waals surface area contributed by atoms with Crippen molar-refractivity contribution < 1.29 is 4.79 Å². The fourth-order valence-electron chi connectivity index (χ4n) is 2.35. The van der Waals surface area contributed by atoms with Crippen LogP contribution in [-0.4, -0.2) is 24.0 Å². The number of nitrogens with zero attached hydrogens (tertiary/aromatic N) is 3. The average Bonchev–Trinajstić information content (AvgIpc) is 3.07. The van der Waals surface area contributed by atoms with Crippen molar-refractivity contribution in [3.05, 3.63) is 23.8 Å². The van der Waals surface area contributed by atoms with Crippen LogP contribution in [0, 0.1) is 24.3 Å². The Hall–Kier alpha value is -1.97. The summed E-state index contributed by atoms with van der Waals surface area (Å²) >= 11 is 1.38. The third-order valence-corrected chi connectivity index (χ3v) is 4.46. The number of hydrogen-bond donors (Lipinski definition) is 1. The second-order valence-electron chi connectivity index (χ2n) is 4.93. The van der Waals surface area contributed by atoms with E-state index in [4.69, 9.17) is 0 Å². The number of fused-ring (bicyclic) bond motifs is 1. The molecule has 2 aromatic rings. The number of aryl methyl sites for hydroxylation is 1. The molecular formula is C14H14N4OS. The lowest BCUT2D eigenvalue weighted by Gasteiger charge is -2.14. The van der Waals surface area contributed by atoms with Gasteiger partial charge < -0.3 is 5.32 Å². The summed E-state index contributed by atoms with van der Waals surface area (Å²) < 4.78 is 0.998. The first-order chi connectivity index (χ1) is 9.69. The number of hydrogen-bond acceptors (Lipinski definition) is 5. The zero-order valence-electron chi connectivity index (χ0n) is 11.1. The Morgan fingerprint density at radius 1 is 1.60 bits per heavy atom. The van der Waals surface area contributed by atoms with Gasteiger partial charge in [0.15, 0.2) is 6.19 Å². The third-order valence-electron chi connectivity index (χ3n) is 3.45. The quantitative estimate of drug-likeness (QED) is 0.677. The fraction of sp³-hybridized carbons (Fsp3) is 0.357. The predicted molar refractivity (Wildman–Crippen MR) is 78.4 cm³/mol. The second kappa shape index (κ2) is 5.19. The molecule has 0 spiro atoms. The van der Waals surface area contributed by atoms with Gasteiger partial charge in [-0.2, -0.15) is 10.2 Å². The van der Waals surface area contributed by atoms with Gasteiger partial charge in [-0.15, -0.1) is 0 Å². The Labute approximate surface area is 120 Å². The molecule has 0 bridgehead atoms. The van der Waals surface area contributed by atoms with Gasteiger partial charge in [0, 0.05) is 6.54 Å². The Balaban J connectivity index is 1.94. The Morgan fingerprint density at radius 2 is 2.45 bits per heavy atom. The number of thiazole rings is 1. The van der Waals surface area contributed by atoms with Crippen LogP contribution >= 0.6 is 11.3 Å². The minimum atomic E-state index is -0.159. The molecule has 102 valence electrons. The van der Waals surface area contributed by atoms with Crippen molar-refractivity contribution in [1.29, 1.82) is 5.26 Å². The van der Waals surface area contributed by atoms with Crippen LogP contribution < -0.4 is 10.2 Å². The molecule has 1 N–H and O–H groups in total. The summed E-state index contributed by atoms with van der Waals surface area (Å²) in [5.41, 5.74) is 1.97. The molecule has 0 aliphatic carbocycles. The van der Waals surface area contributed by atoms with Crippen LogP contribution in [0.1, 0.15) is 12.0 Å². The van der Waals surface area contributed by atoms with Gasteiger partial charge in [0.2, 0.25) is 11.0 Å². The minimum Gasteiger partial charge on any atom is -0.316 e. The third kappa shape index (κ3) is 2.26. The van der Waals surface area contributed by atoms with Crippen LogP contribution in [0.3, 0.4) is 0 Å². The summed E-state index contributed by atoms with van der Waals surface area (Å²) in [4.78, 5) is 17.9. The fourth-order valence-corrected chi connectivity index (χ4v) is 3.38. The van der Waals surface area contributed by atoms with Crippen molar-refractivity contribution in [2.75, 3.05) is 18.0 Å². The number of aromatic nitrogens is 1. The highest BCUT2D eigenvalue weighted by atomic mass is 32.1. The highest BCUT2D eigenvalue weighted by Crippen LogP contribution is 2.30. The number of nitrogens with one attached hydrogen (secondary N) is 1. The average molecular weight is 286 g/mol. The van der Waals surface area contributed by atoms with Crippen LogP contribution in [0.4, 0.5) is 5.13 Å². The van der Waals surface area contributed by atoms with E-state index in [1.54, 1.807) is 0 Å². The Kier molecular flexibility index (Phi) is 3.38. The van der Waals surface area contributed by atoms with E-state index in [1.807, 2.05) is 31.3 Å². The Bertz CT molecular complexity index is 697. The zero-order chi connectivity index (χ0) is 14.1. The van der Waals surface area contributed by atoms with Crippen LogP contribution in [0.2, 0.25) is 0 Å². The van der Waals surface area contributed by atoms with E-state index in [2.05, 4.69) is 10.3 Å². The van der Waals surface area contributed by atoms with E-state index in [1.165, 1.54) is 11.3 Å². The number of carbonyl (C=O) groups is 1. The van der Waals surface area contributed by atoms with Gasteiger partial charge in [0.1, 0.15) is 0 Å². The van der Waals surface area contributed by atoms with Gasteiger partial charge in [-0.3, -0.25) is 4.79 Å². The molecule has 5 nitrogen and oxygen atoms in total. The lowest BCUT2D eigenvalue weighted by atomic mass is 10.1. The molecule has 0 radical (unpaired) electrons. The topological polar surface area (TPSA) is 69.0 Å². The maximum absolute atomic E-state index is 12.4. The molecule has 2 heterocycles. The first-order valence-corrected chi connectivity index (χ1v) is 7.32. The highest BCUT2D eigenvalue weighted by Gasteiger charge is 2.29. The molecule has 1 aromatic heterocycles. The maximum atomic E-state index is 12.4. The van der Waals surface area contributed by atoms with Crippen LogP contribution in [0.25, 0.3) is 10.2 Å². The molecule has 1 saturated heterocycles. The van der Waals surface area contributed by atoms with E-state index in [0.717, 1.165) is 33.6 Å². The lowest BCUT2D eigenvalue weighted by Crippen LogP contribution is -2.33. The second-order valence-corrected chi connectivity index (χ2v) is 5.94. The summed E-state index contributed by atoms with van der Waals surface area (Å²) in [6.07, 6.45) is 2.75. The maximum Gasteiger partial charge on any atom is 0.246 e. The van der Waals surface area contributed by atoms with Gasteiger partial charge in [-0.1, -0.05) is 17.4 Å². The molecule has 1 amide bonds. The van der Waals surface area contributed by atoms with Gasteiger partial charge >= 0.3 is 0 Å². The van der Waals surface area contributed by atoms with Crippen LogP contribution in [-0.2, 0) is 4.79 Å².